The lowest BCUT2D eigenvalue weighted by Crippen LogP contribution is -2.57. The van der Waals surface area contributed by atoms with Crippen LogP contribution in [0.2, 0.25) is 0 Å². The maximum Gasteiger partial charge on any atom is 0.128 e. The molecule has 2 fully saturated rings. The Kier molecular flexibility index (Phi) is 2.82. The Labute approximate surface area is 131 Å². The van der Waals surface area contributed by atoms with Gasteiger partial charge in [-0.2, -0.15) is 0 Å². The summed E-state index contributed by atoms with van der Waals surface area (Å²) in [4.78, 5) is 0. The number of hydrogen-bond acceptors (Lipinski definition) is 2. The second kappa shape index (κ2) is 4.43. The van der Waals surface area contributed by atoms with Crippen LogP contribution in [-0.4, -0.2) is 10.2 Å². The second-order valence-corrected chi connectivity index (χ2v) is 7.21. The van der Waals surface area contributed by atoms with E-state index in [1.807, 2.05) is 60.7 Å². The Morgan fingerprint density at radius 1 is 0.864 bits per heavy atom. The smallest absolute Gasteiger partial charge is 0.128 e. The van der Waals surface area contributed by atoms with Gasteiger partial charge in [-0.1, -0.05) is 67.6 Å². The zero-order valence-electron chi connectivity index (χ0n) is 12.9. The minimum atomic E-state index is -1.24. The third-order valence-electron chi connectivity index (χ3n) is 6.16. The molecule has 2 nitrogen and oxygen atoms in total. The van der Waals surface area contributed by atoms with Crippen molar-refractivity contribution in [2.75, 3.05) is 0 Å². The van der Waals surface area contributed by atoms with Crippen LogP contribution in [0.15, 0.2) is 60.7 Å². The maximum atomic E-state index is 11.8. The van der Waals surface area contributed by atoms with E-state index in [1.165, 1.54) is 0 Å². The average molecular weight is 294 g/mol. The molecule has 2 saturated carbocycles. The third kappa shape index (κ3) is 1.47. The highest BCUT2D eigenvalue weighted by molar-refractivity contribution is 5.41. The fraction of sp³-hybridized carbons (Fsp3) is 0.400. The van der Waals surface area contributed by atoms with Crippen molar-refractivity contribution in [1.29, 1.82) is 0 Å². The SMILES string of the molecule is C[C@]12CC[C@@H](C1)[C@](O)(c1ccccc1)[C@]2(O)c1ccccc1. The van der Waals surface area contributed by atoms with Crippen LogP contribution in [0.4, 0.5) is 0 Å². The van der Waals surface area contributed by atoms with Gasteiger partial charge in [0.25, 0.3) is 0 Å². The van der Waals surface area contributed by atoms with Crippen molar-refractivity contribution in [2.45, 2.75) is 37.4 Å². The Morgan fingerprint density at radius 2 is 1.41 bits per heavy atom. The minimum Gasteiger partial charge on any atom is -0.381 e. The second-order valence-electron chi connectivity index (χ2n) is 7.21. The van der Waals surface area contributed by atoms with E-state index in [9.17, 15) is 10.2 Å². The molecule has 4 atom stereocenters. The highest BCUT2D eigenvalue weighted by Gasteiger charge is 2.73. The average Bonchev–Trinajstić information content (AvgIpc) is 3.05. The lowest BCUT2D eigenvalue weighted by molar-refractivity contribution is -0.219. The van der Waals surface area contributed by atoms with Gasteiger partial charge in [-0.25, -0.2) is 0 Å². The standard InChI is InChI=1S/C20H22O2/c1-18-13-12-17(14-18)19(21,15-8-4-2-5-9-15)20(18,22)16-10-6-3-7-11-16/h2-11,17,21-22H,12-14H2,1H3/t17-,18-,19+,20-/m0/s1. The van der Waals surface area contributed by atoms with Crippen LogP contribution in [0.5, 0.6) is 0 Å². The normalized spacial score (nSPS) is 40.0. The van der Waals surface area contributed by atoms with Crippen LogP contribution in [0.25, 0.3) is 0 Å². The van der Waals surface area contributed by atoms with Gasteiger partial charge in [0.15, 0.2) is 0 Å². The van der Waals surface area contributed by atoms with Crippen LogP contribution in [-0.2, 0) is 11.2 Å². The molecule has 2 aliphatic carbocycles. The lowest BCUT2D eigenvalue weighted by atomic mass is 9.60. The minimum absolute atomic E-state index is 0.102. The van der Waals surface area contributed by atoms with E-state index in [2.05, 4.69) is 6.92 Å². The van der Waals surface area contributed by atoms with E-state index in [0.717, 1.165) is 30.4 Å². The topological polar surface area (TPSA) is 40.5 Å². The molecule has 2 aromatic carbocycles. The number of fused-ring (bicyclic) bond motifs is 2. The van der Waals surface area contributed by atoms with E-state index in [0.29, 0.717) is 0 Å². The van der Waals surface area contributed by atoms with Crippen molar-refractivity contribution in [3.63, 3.8) is 0 Å². The summed E-state index contributed by atoms with van der Waals surface area (Å²) in [6, 6.07) is 19.4. The molecule has 22 heavy (non-hydrogen) atoms. The van der Waals surface area contributed by atoms with Crippen LogP contribution in [0.3, 0.4) is 0 Å². The summed E-state index contributed by atoms with van der Waals surface area (Å²) >= 11 is 0. The fourth-order valence-corrected chi connectivity index (χ4v) is 5.07. The molecule has 2 aliphatic rings. The van der Waals surface area contributed by atoms with Gasteiger partial charge in [0.2, 0.25) is 0 Å². The van der Waals surface area contributed by atoms with E-state index >= 15 is 0 Å². The maximum absolute atomic E-state index is 11.8. The zero-order chi connectivity index (χ0) is 15.4. The highest BCUT2D eigenvalue weighted by Crippen LogP contribution is 2.71. The Morgan fingerprint density at radius 3 is 2.00 bits per heavy atom. The molecule has 4 rings (SSSR count). The lowest BCUT2D eigenvalue weighted by Gasteiger charge is -2.51. The molecule has 0 aliphatic heterocycles. The van der Waals surface area contributed by atoms with Crippen molar-refractivity contribution in [3.05, 3.63) is 71.8 Å². The van der Waals surface area contributed by atoms with Gasteiger partial charge in [0.1, 0.15) is 11.2 Å². The fourth-order valence-electron chi connectivity index (χ4n) is 5.07. The van der Waals surface area contributed by atoms with Gasteiger partial charge >= 0.3 is 0 Å². The summed E-state index contributed by atoms with van der Waals surface area (Å²) in [6.45, 7) is 2.13. The summed E-state index contributed by atoms with van der Waals surface area (Å²) in [5.74, 6) is 0.102. The monoisotopic (exact) mass is 294 g/mol. The number of aliphatic hydroxyl groups is 2. The van der Waals surface area contributed by atoms with Crippen molar-refractivity contribution >= 4 is 0 Å². The largest absolute Gasteiger partial charge is 0.381 e. The van der Waals surface area contributed by atoms with Gasteiger partial charge in [-0.3, -0.25) is 0 Å². The molecular formula is C20H22O2. The Balaban J connectivity index is 1.97. The van der Waals surface area contributed by atoms with Crippen LogP contribution < -0.4 is 0 Å². The first kappa shape index (κ1) is 14.0. The molecule has 2 bridgehead atoms. The van der Waals surface area contributed by atoms with Crippen molar-refractivity contribution < 1.29 is 10.2 Å². The van der Waals surface area contributed by atoms with E-state index in [-0.39, 0.29) is 11.3 Å². The van der Waals surface area contributed by atoms with Crippen LogP contribution in [0, 0.1) is 11.3 Å². The van der Waals surface area contributed by atoms with Crippen molar-refractivity contribution in [2.24, 2.45) is 11.3 Å². The molecule has 0 amide bonds. The van der Waals surface area contributed by atoms with E-state index < -0.39 is 11.2 Å². The van der Waals surface area contributed by atoms with Gasteiger partial charge < -0.3 is 10.2 Å². The zero-order valence-corrected chi connectivity index (χ0v) is 12.9. The van der Waals surface area contributed by atoms with Crippen LogP contribution in [0.1, 0.15) is 37.3 Å². The van der Waals surface area contributed by atoms with Gasteiger partial charge in [-0.15, -0.1) is 0 Å². The molecule has 0 spiro atoms. The summed E-state index contributed by atoms with van der Waals surface area (Å²) < 4.78 is 0. The van der Waals surface area contributed by atoms with Crippen molar-refractivity contribution in [3.8, 4) is 0 Å². The first-order valence-corrected chi connectivity index (χ1v) is 8.08. The molecule has 0 heterocycles. The molecule has 2 heteroatoms. The summed E-state index contributed by atoms with van der Waals surface area (Å²) in [5.41, 5.74) is -1.10. The quantitative estimate of drug-likeness (QED) is 0.888. The summed E-state index contributed by atoms with van der Waals surface area (Å²) in [6.07, 6.45) is 2.79. The van der Waals surface area contributed by atoms with Crippen molar-refractivity contribution in [1.82, 2.24) is 0 Å². The van der Waals surface area contributed by atoms with E-state index in [4.69, 9.17) is 0 Å². The van der Waals surface area contributed by atoms with Gasteiger partial charge in [0.05, 0.1) is 0 Å². The predicted octanol–water partition coefficient (Wildman–Crippen LogP) is 3.58. The number of hydrogen-bond donors (Lipinski definition) is 2. The molecule has 0 radical (unpaired) electrons. The molecular weight excluding hydrogens is 272 g/mol. The number of rotatable bonds is 2. The molecule has 0 aromatic heterocycles. The Bertz CT molecular complexity index is 683. The van der Waals surface area contributed by atoms with Gasteiger partial charge in [-0.05, 0) is 36.3 Å². The van der Waals surface area contributed by atoms with Gasteiger partial charge in [0, 0.05) is 5.41 Å². The molecule has 114 valence electrons. The summed E-state index contributed by atoms with van der Waals surface area (Å²) in [7, 11) is 0. The first-order valence-electron chi connectivity index (χ1n) is 8.08. The summed E-state index contributed by atoms with van der Waals surface area (Å²) in [5, 5.41) is 23.6. The first-order chi connectivity index (χ1) is 10.5. The van der Waals surface area contributed by atoms with Crippen LogP contribution >= 0.6 is 0 Å². The third-order valence-corrected chi connectivity index (χ3v) is 6.16. The molecule has 0 unspecified atom stereocenters. The molecule has 0 saturated heterocycles. The highest BCUT2D eigenvalue weighted by atomic mass is 16.4. The molecule has 2 aromatic rings. The number of benzene rings is 2. The predicted molar refractivity (Wildman–Crippen MR) is 86.1 cm³/mol. The Hall–Kier alpha value is -1.64. The van der Waals surface area contributed by atoms with E-state index in [1.54, 1.807) is 0 Å². The molecule has 2 N–H and O–H groups in total.